The molecular formula is C31H32N2O5. The predicted octanol–water partition coefficient (Wildman–Crippen LogP) is 6.28. The number of methoxy groups -OCH3 is 2. The number of benzene rings is 3. The molecule has 196 valence electrons. The van der Waals surface area contributed by atoms with E-state index in [0.717, 1.165) is 28.0 Å². The van der Waals surface area contributed by atoms with Crippen LogP contribution < -0.4 is 19.5 Å². The molecule has 0 saturated carbocycles. The maximum atomic E-state index is 13.2. The number of nitrogens with one attached hydrogen (secondary N) is 1. The van der Waals surface area contributed by atoms with Gasteiger partial charge in [-0.3, -0.25) is 4.79 Å². The summed E-state index contributed by atoms with van der Waals surface area (Å²) in [4.78, 5) is 14.7. The fraction of sp³-hybridized carbons (Fsp3) is 0.258. The van der Waals surface area contributed by atoms with E-state index >= 15 is 0 Å². The maximum absolute atomic E-state index is 13.2. The van der Waals surface area contributed by atoms with E-state index in [1.165, 1.54) is 12.0 Å². The number of carbonyl (C=O) groups excluding carboxylic acids is 1. The van der Waals surface area contributed by atoms with Crippen molar-refractivity contribution in [3.63, 3.8) is 0 Å². The maximum Gasteiger partial charge on any atom is 0.257 e. The number of nitrogens with zero attached hydrogens (tertiary/aromatic N) is 1. The number of fused-ring (bicyclic) bond motifs is 5. The summed E-state index contributed by atoms with van der Waals surface area (Å²) in [7, 11) is 6.51. The van der Waals surface area contributed by atoms with E-state index in [0.29, 0.717) is 39.7 Å². The first-order valence-corrected chi connectivity index (χ1v) is 12.4. The molecule has 2 heterocycles. The molecule has 38 heavy (non-hydrogen) atoms. The lowest BCUT2D eigenvalue weighted by molar-refractivity contribution is 0.0824. The molecule has 2 aliphatic rings. The Labute approximate surface area is 223 Å². The molecule has 3 aromatic rings. The molecule has 3 aromatic carbocycles. The highest BCUT2D eigenvalue weighted by molar-refractivity contribution is 6.05. The van der Waals surface area contributed by atoms with Gasteiger partial charge < -0.3 is 29.5 Å². The summed E-state index contributed by atoms with van der Waals surface area (Å²) >= 11 is 0. The lowest BCUT2D eigenvalue weighted by atomic mass is 9.82. The zero-order chi connectivity index (χ0) is 27.4. The summed E-state index contributed by atoms with van der Waals surface area (Å²) in [5.74, 6) is 1.81. The van der Waals surface area contributed by atoms with Crippen molar-refractivity contribution in [3.05, 3.63) is 70.8 Å². The summed E-state index contributed by atoms with van der Waals surface area (Å²) in [5, 5.41) is 14.2. The average Bonchev–Trinajstić information content (AvgIpc) is 2.87. The van der Waals surface area contributed by atoms with Crippen LogP contribution in [0.25, 0.3) is 28.5 Å². The number of carbonyl (C=O) groups is 1. The van der Waals surface area contributed by atoms with Crippen LogP contribution in [0.2, 0.25) is 0 Å². The Bertz CT molecular complexity index is 1530. The third-order valence-corrected chi connectivity index (χ3v) is 6.86. The quantitative estimate of drug-likeness (QED) is 0.429. The molecule has 7 heteroatoms. The summed E-state index contributed by atoms with van der Waals surface area (Å²) in [6.45, 7) is 6.33. The average molecular weight is 513 g/mol. The zero-order valence-electron chi connectivity index (χ0n) is 22.7. The van der Waals surface area contributed by atoms with Crippen molar-refractivity contribution in [1.29, 1.82) is 0 Å². The molecule has 0 bridgehead atoms. The molecule has 0 fully saturated rings. The fourth-order valence-electron chi connectivity index (χ4n) is 5.38. The number of rotatable bonds is 4. The Morgan fingerprint density at radius 1 is 1.03 bits per heavy atom. The summed E-state index contributed by atoms with van der Waals surface area (Å²) in [6.07, 6.45) is 4.07. The van der Waals surface area contributed by atoms with Gasteiger partial charge in [-0.05, 0) is 62.2 Å². The first-order valence-electron chi connectivity index (χ1n) is 12.4. The van der Waals surface area contributed by atoms with Gasteiger partial charge in [0.05, 0.1) is 30.9 Å². The van der Waals surface area contributed by atoms with E-state index in [1.54, 1.807) is 39.4 Å². The first-order chi connectivity index (χ1) is 18.1. The van der Waals surface area contributed by atoms with Crippen molar-refractivity contribution in [2.24, 2.45) is 0 Å². The molecular weight excluding hydrogens is 480 g/mol. The highest BCUT2D eigenvalue weighted by Gasteiger charge is 2.34. The zero-order valence-corrected chi connectivity index (χ0v) is 22.7. The monoisotopic (exact) mass is 512 g/mol. The van der Waals surface area contributed by atoms with Gasteiger partial charge in [0.1, 0.15) is 17.3 Å². The number of anilines is 1. The number of phenolic OH excluding ortho intramolecular Hbond substituents is 1. The van der Waals surface area contributed by atoms with Crippen molar-refractivity contribution < 1.29 is 24.1 Å². The van der Waals surface area contributed by atoms with Crippen molar-refractivity contribution in [3.8, 4) is 34.1 Å². The molecule has 0 unspecified atom stereocenters. The van der Waals surface area contributed by atoms with Crippen LogP contribution in [0.3, 0.4) is 0 Å². The Morgan fingerprint density at radius 3 is 2.47 bits per heavy atom. The Balaban J connectivity index is 1.84. The standard InChI is InChI=1S/C31H32N2O5/c1-17-16-31(2,3)32-20-12-11-19-27(25(17)20)24(38-23-14-13-21(34)29(37-7)28(19)23)15-18-9-8-10-22(36-6)26(18)30(35)33(4)5/h8-16,32,34H,1-7H3. The number of hydrogen-bond acceptors (Lipinski definition) is 6. The molecule has 0 spiro atoms. The van der Waals surface area contributed by atoms with Gasteiger partial charge in [-0.25, -0.2) is 0 Å². The third-order valence-electron chi connectivity index (χ3n) is 6.86. The van der Waals surface area contributed by atoms with Crippen molar-refractivity contribution >= 4 is 29.0 Å². The molecule has 2 aliphatic heterocycles. The number of hydrogen-bond donors (Lipinski definition) is 2. The minimum Gasteiger partial charge on any atom is -0.504 e. The molecule has 5 rings (SSSR count). The predicted molar refractivity (Wildman–Crippen MR) is 151 cm³/mol. The molecule has 2 N–H and O–H groups in total. The number of aromatic hydroxyl groups is 1. The van der Waals surface area contributed by atoms with E-state index < -0.39 is 0 Å². The van der Waals surface area contributed by atoms with Crippen LogP contribution in [0, 0.1) is 0 Å². The summed E-state index contributed by atoms with van der Waals surface area (Å²) in [6, 6.07) is 12.9. The minimum absolute atomic E-state index is 0.0316. The molecule has 0 aromatic heterocycles. The van der Waals surface area contributed by atoms with Gasteiger partial charge in [0, 0.05) is 36.5 Å². The Kier molecular flexibility index (Phi) is 6.10. The fourth-order valence-corrected chi connectivity index (χ4v) is 5.38. The van der Waals surface area contributed by atoms with Crippen molar-refractivity contribution in [2.75, 3.05) is 33.6 Å². The molecule has 1 amide bonds. The molecule has 7 nitrogen and oxygen atoms in total. The number of amides is 1. The van der Waals surface area contributed by atoms with Crippen LogP contribution in [0.15, 0.2) is 48.5 Å². The van der Waals surface area contributed by atoms with Gasteiger partial charge in [-0.1, -0.05) is 24.3 Å². The summed E-state index contributed by atoms with van der Waals surface area (Å²) in [5.41, 5.74) is 6.33. The SMILES string of the molecule is COc1cccc(C=C2Oc3ccc(O)c(OC)c3-c3ccc4c(c32)C(C)=CC(C)(C)N4)c1C(=O)N(C)C. The number of allylic oxidation sites excluding steroid dienone is 1. The molecule has 0 aliphatic carbocycles. The normalized spacial score (nSPS) is 15.8. The highest BCUT2D eigenvalue weighted by Crippen LogP contribution is 2.54. The second kappa shape index (κ2) is 9.17. The van der Waals surface area contributed by atoms with Crippen molar-refractivity contribution in [1.82, 2.24) is 4.90 Å². The molecule has 0 radical (unpaired) electrons. The molecule has 0 atom stereocenters. The summed E-state index contributed by atoms with van der Waals surface area (Å²) < 4.78 is 17.7. The Morgan fingerprint density at radius 2 is 1.79 bits per heavy atom. The second-order valence-electron chi connectivity index (χ2n) is 10.3. The van der Waals surface area contributed by atoms with Gasteiger partial charge in [-0.15, -0.1) is 0 Å². The van der Waals surface area contributed by atoms with Crippen LogP contribution in [-0.4, -0.2) is 49.8 Å². The van der Waals surface area contributed by atoms with Crippen molar-refractivity contribution in [2.45, 2.75) is 26.3 Å². The topological polar surface area (TPSA) is 80.3 Å². The van der Waals surface area contributed by atoms with Gasteiger partial charge in [0.15, 0.2) is 11.5 Å². The smallest absolute Gasteiger partial charge is 0.257 e. The van der Waals surface area contributed by atoms with Gasteiger partial charge in [-0.2, -0.15) is 0 Å². The second-order valence-corrected chi connectivity index (χ2v) is 10.3. The van der Waals surface area contributed by atoms with E-state index in [2.05, 4.69) is 38.2 Å². The number of phenols is 1. The van der Waals surface area contributed by atoms with Gasteiger partial charge in [0.2, 0.25) is 0 Å². The highest BCUT2D eigenvalue weighted by atomic mass is 16.5. The Hall–Kier alpha value is -4.39. The molecule has 0 saturated heterocycles. The van der Waals surface area contributed by atoms with Crippen LogP contribution in [0.5, 0.6) is 23.0 Å². The van der Waals surface area contributed by atoms with E-state index in [-0.39, 0.29) is 17.2 Å². The minimum atomic E-state index is -0.226. The first kappa shape index (κ1) is 25.3. The third kappa shape index (κ3) is 4.04. The van der Waals surface area contributed by atoms with E-state index in [1.807, 2.05) is 24.3 Å². The van der Waals surface area contributed by atoms with Gasteiger partial charge in [0.25, 0.3) is 5.91 Å². The lowest BCUT2D eigenvalue weighted by Crippen LogP contribution is -2.32. The van der Waals surface area contributed by atoms with Crippen LogP contribution in [0.1, 0.15) is 47.8 Å². The van der Waals surface area contributed by atoms with Crippen LogP contribution in [-0.2, 0) is 0 Å². The number of ether oxygens (including phenoxy) is 3. The van der Waals surface area contributed by atoms with E-state index in [9.17, 15) is 9.90 Å². The largest absolute Gasteiger partial charge is 0.504 e. The van der Waals surface area contributed by atoms with Crippen LogP contribution >= 0.6 is 0 Å². The lowest BCUT2D eigenvalue weighted by Gasteiger charge is -2.35. The van der Waals surface area contributed by atoms with Gasteiger partial charge >= 0.3 is 0 Å². The van der Waals surface area contributed by atoms with Crippen LogP contribution in [0.4, 0.5) is 5.69 Å². The van der Waals surface area contributed by atoms with E-state index in [4.69, 9.17) is 14.2 Å².